The van der Waals surface area contributed by atoms with Crippen molar-refractivity contribution >= 4 is 17.3 Å². The third-order valence-electron chi connectivity index (χ3n) is 2.14. The molecule has 0 bridgehead atoms. The predicted molar refractivity (Wildman–Crippen MR) is 55.7 cm³/mol. The fraction of sp³-hybridized carbons (Fsp3) is 0.400. The molecular formula is C10H12ClNO2. The topological polar surface area (TPSA) is 44.5 Å². The van der Waals surface area contributed by atoms with Crippen LogP contribution in [-0.4, -0.2) is 19.3 Å². The van der Waals surface area contributed by atoms with Crippen molar-refractivity contribution < 1.29 is 9.47 Å². The Kier molecular flexibility index (Phi) is 2.79. The monoisotopic (exact) mass is 213 g/mol. The fourth-order valence-electron chi connectivity index (χ4n) is 1.40. The Morgan fingerprint density at radius 2 is 2.36 bits per heavy atom. The standard InChI is InChI=1S/C10H12ClNO2/c11-9-5-7(12)1-2-10(9)14-8-3-4-13-6-8/h1-2,5,8H,3-4,6,12H2/t8-/m1/s1. The third kappa shape index (κ3) is 2.11. The van der Waals surface area contributed by atoms with Crippen molar-refractivity contribution in [3.05, 3.63) is 23.2 Å². The lowest BCUT2D eigenvalue weighted by atomic mass is 10.3. The van der Waals surface area contributed by atoms with Gasteiger partial charge < -0.3 is 15.2 Å². The molecule has 4 heteroatoms. The fourth-order valence-corrected chi connectivity index (χ4v) is 1.63. The molecule has 0 saturated carbocycles. The van der Waals surface area contributed by atoms with E-state index in [0.29, 0.717) is 23.1 Å². The number of nitrogens with two attached hydrogens (primary N) is 1. The number of hydrogen-bond acceptors (Lipinski definition) is 3. The number of hydrogen-bond donors (Lipinski definition) is 1. The highest BCUT2D eigenvalue weighted by Gasteiger charge is 2.18. The molecule has 1 atom stereocenters. The van der Waals surface area contributed by atoms with Gasteiger partial charge in [-0.05, 0) is 18.2 Å². The number of nitrogen functional groups attached to an aromatic ring is 1. The van der Waals surface area contributed by atoms with Gasteiger partial charge in [0.25, 0.3) is 0 Å². The average molecular weight is 214 g/mol. The molecule has 1 heterocycles. The Morgan fingerprint density at radius 1 is 1.50 bits per heavy atom. The first-order chi connectivity index (χ1) is 6.75. The van der Waals surface area contributed by atoms with Crippen LogP contribution in [0.4, 0.5) is 5.69 Å². The number of halogens is 1. The molecule has 1 aromatic carbocycles. The van der Waals surface area contributed by atoms with Crippen LogP contribution >= 0.6 is 11.6 Å². The maximum absolute atomic E-state index is 5.96. The van der Waals surface area contributed by atoms with Gasteiger partial charge in [0, 0.05) is 12.1 Å². The van der Waals surface area contributed by atoms with E-state index >= 15 is 0 Å². The minimum Gasteiger partial charge on any atom is -0.486 e. The highest BCUT2D eigenvalue weighted by molar-refractivity contribution is 6.32. The summed E-state index contributed by atoms with van der Waals surface area (Å²) in [5.74, 6) is 0.677. The molecule has 1 saturated heterocycles. The van der Waals surface area contributed by atoms with Crippen LogP contribution in [0.2, 0.25) is 5.02 Å². The Balaban J connectivity index is 2.08. The molecule has 3 nitrogen and oxygen atoms in total. The first-order valence-electron chi connectivity index (χ1n) is 4.55. The van der Waals surface area contributed by atoms with E-state index in [1.807, 2.05) is 0 Å². The maximum atomic E-state index is 5.96. The minimum atomic E-state index is 0.121. The van der Waals surface area contributed by atoms with E-state index in [1.165, 1.54) is 0 Å². The lowest BCUT2D eigenvalue weighted by Crippen LogP contribution is -2.15. The molecular weight excluding hydrogens is 202 g/mol. The maximum Gasteiger partial charge on any atom is 0.138 e. The lowest BCUT2D eigenvalue weighted by molar-refractivity contribution is 0.141. The Morgan fingerprint density at radius 3 is 3.00 bits per heavy atom. The zero-order valence-corrected chi connectivity index (χ0v) is 8.46. The van der Waals surface area contributed by atoms with E-state index in [4.69, 9.17) is 26.8 Å². The molecule has 0 amide bonds. The van der Waals surface area contributed by atoms with Crippen LogP contribution in [0.15, 0.2) is 18.2 Å². The number of anilines is 1. The molecule has 2 N–H and O–H groups in total. The van der Waals surface area contributed by atoms with Crippen molar-refractivity contribution in [1.29, 1.82) is 0 Å². The summed E-state index contributed by atoms with van der Waals surface area (Å²) in [5.41, 5.74) is 6.21. The van der Waals surface area contributed by atoms with Gasteiger partial charge in [0.1, 0.15) is 11.9 Å². The van der Waals surface area contributed by atoms with Gasteiger partial charge >= 0.3 is 0 Å². The summed E-state index contributed by atoms with van der Waals surface area (Å²) in [7, 11) is 0. The summed E-state index contributed by atoms with van der Waals surface area (Å²) in [6, 6.07) is 5.25. The first kappa shape index (κ1) is 9.62. The molecule has 1 aromatic rings. The molecule has 0 aromatic heterocycles. The van der Waals surface area contributed by atoms with E-state index < -0.39 is 0 Å². The number of rotatable bonds is 2. The van der Waals surface area contributed by atoms with Crippen LogP contribution in [0, 0.1) is 0 Å². The molecule has 2 rings (SSSR count). The van der Waals surface area contributed by atoms with Gasteiger partial charge in [0.2, 0.25) is 0 Å². The first-order valence-corrected chi connectivity index (χ1v) is 4.93. The van der Waals surface area contributed by atoms with E-state index in [9.17, 15) is 0 Å². The molecule has 76 valence electrons. The van der Waals surface area contributed by atoms with E-state index in [-0.39, 0.29) is 6.10 Å². The van der Waals surface area contributed by atoms with Gasteiger partial charge in [-0.1, -0.05) is 11.6 Å². The van der Waals surface area contributed by atoms with Gasteiger partial charge in [0.05, 0.1) is 18.2 Å². The molecule has 0 radical (unpaired) electrons. The van der Waals surface area contributed by atoms with Crippen molar-refractivity contribution in [2.75, 3.05) is 18.9 Å². The second-order valence-electron chi connectivity index (χ2n) is 3.29. The molecule has 1 aliphatic heterocycles. The number of benzene rings is 1. The smallest absolute Gasteiger partial charge is 0.138 e. The summed E-state index contributed by atoms with van der Waals surface area (Å²) in [4.78, 5) is 0. The van der Waals surface area contributed by atoms with Gasteiger partial charge in [-0.15, -0.1) is 0 Å². The van der Waals surface area contributed by atoms with Gasteiger partial charge in [-0.3, -0.25) is 0 Å². The second kappa shape index (κ2) is 4.07. The van der Waals surface area contributed by atoms with Crippen molar-refractivity contribution in [2.45, 2.75) is 12.5 Å². The molecule has 0 aliphatic carbocycles. The van der Waals surface area contributed by atoms with Crippen molar-refractivity contribution in [2.24, 2.45) is 0 Å². The van der Waals surface area contributed by atoms with Crippen LogP contribution in [-0.2, 0) is 4.74 Å². The molecule has 1 fully saturated rings. The van der Waals surface area contributed by atoms with Gasteiger partial charge in [0.15, 0.2) is 0 Å². The summed E-state index contributed by atoms with van der Waals surface area (Å²) >= 11 is 5.96. The van der Waals surface area contributed by atoms with Crippen molar-refractivity contribution in [1.82, 2.24) is 0 Å². The van der Waals surface area contributed by atoms with Crippen LogP contribution in [0.25, 0.3) is 0 Å². The highest BCUT2D eigenvalue weighted by atomic mass is 35.5. The molecule has 1 aliphatic rings. The zero-order valence-electron chi connectivity index (χ0n) is 7.70. The zero-order chi connectivity index (χ0) is 9.97. The summed E-state index contributed by atoms with van der Waals surface area (Å²) in [6.07, 6.45) is 1.04. The van der Waals surface area contributed by atoms with Crippen LogP contribution in [0.5, 0.6) is 5.75 Å². The van der Waals surface area contributed by atoms with Crippen LogP contribution < -0.4 is 10.5 Å². The van der Waals surface area contributed by atoms with E-state index in [1.54, 1.807) is 18.2 Å². The highest BCUT2D eigenvalue weighted by Crippen LogP contribution is 2.28. The molecule has 0 unspecified atom stereocenters. The summed E-state index contributed by atoms with van der Waals surface area (Å²) < 4.78 is 10.8. The van der Waals surface area contributed by atoms with Crippen molar-refractivity contribution in [3.63, 3.8) is 0 Å². The quantitative estimate of drug-likeness (QED) is 0.766. The number of ether oxygens (including phenoxy) is 2. The van der Waals surface area contributed by atoms with E-state index in [2.05, 4.69) is 0 Å². The SMILES string of the molecule is Nc1ccc(O[C@@H]2CCOC2)c(Cl)c1. The Bertz CT molecular complexity index is 324. The van der Waals surface area contributed by atoms with Crippen LogP contribution in [0.1, 0.15) is 6.42 Å². The van der Waals surface area contributed by atoms with Gasteiger partial charge in [-0.25, -0.2) is 0 Å². The average Bonchev–Trinajstić information content (AvgIpc) is 2.62. The molecule has 0 spiro atoms. The third-order valence-corrected chi connectivity index (χ3v) is 2.43. The Labute approximate surface area is 87.8 Å². The summed E-state index contributed by atoms with van der Waals surface area (Å²) in [5, 5.41) is 0.553. The Hall–Kier alpha value is -0.930. The molecule has 14 heavy (non-hydrogen) atoms. The normalized spacial score (nSPS) is 21.1. The lowest BCUT2D eigenvalue weighted by Gasteiger charge is -2.13. The van der Waals surface area contributed by atoms with Crippen molar-refractivity contribution in [3.8, 4) is 5.75 Å². The van der Waals surface area contributed by atoms with Gasteiger partial charge in [-0.2, -0.15) is 0 Å². The van der Waals surface area contributed by atoms with E-state index in [0.717, 1.165) is 13.0 Å². The largest absolute Gasteiger partial charge is 0.486 e. The predicted octanol–water partition coefficient (Wildman–Crippen LogP) is 2.09. The minimum absolute atomic E-state index is 0.121. The summed E-state index contributed by atoms with van der Waals surface area (Å²) in [6.45, 7) is 1.40. The van der Waals surface area contributed by atoms with Crippen LogP contribution in [0.3, 0.4) is 0 Å². The second-order valence-corrected chi connectivity index (χ2v) is 3.70.